The predicted octanol–water partition coefficient (Wildman–Crippen LogP) is 3.26. The zero-order valence-corrected chi connectivity index (χ0v) is 18.9. The quantitative estimate of drug-likeness (QED) is 0.492. The first-order valence-corrected chi connectivity index (χ1v) is 11.6. The van der Waals surface area contributed by atoms with Crippen LogP contribution in [-0.2, 0) is 16.6 Å². The van der Waals surface area contributed by atoms with Crippen LogP contribution in [0.2, 0.25) is 0 Å². The number of rotatable bonds is 8. The summed E-state index contributed by atoms with van der Waals surface area (Å²) >= 11 is 1.29. The number of ether oxygens (including phenoxy) is 1. The van der Waals surface area contributed by atoms with Crippen molar-refractivity contribution in [1.29, 1.82) is 0 Å². The van der Waals surface area contributed by atoms with Gasteiger partial charge in [0.1, 0.15) is 5.82 Å². The molecular weight excluding hydrogens is 445 g/mol. The number of nitrogens with zero attached hydrogens (tertiary/aromatic N) is 3. The third-order valence-electron chi connectivity index (χ3n) is 5.22. The van der Waals surface area contributed by atoms with Crippen LogP contribution in [0.5, 0.6) is 0 Å². The molecule has 1 saturated heterocycles. The number of benzene rings is 2. The number of carbonyl (C=O) groups is 2. The summed E-state index contributed by atoms with van der Waals surface area (Å²) in [5.41, 5.74) is 1.20. The van der Waals surface area contributed by atoms with Gasteiger partial charge in [0.25, 0.3) is 5.91 Å². The van der Waals surface area contributed by atoms with Gasteiger partial charge in [-0.3, -0.25) is 9.59 Å². The van der Waals surface area contributed by atoms with E-state index in [4.69, 9.17) is 4.74 Å². The van der Waals surface area contributed by atoms with Gasteiger partial charge in [0, 0.05) is 31.5 Å². The van der Waals surface area contributed by atoms with Crippen molar-refractivity contribution in [3.8, 4) is 11.4 Å². The molecule has 2 N–H and O–H groups in total. The number of aromatic nitrogens is 3. The summed E-state index contributed by atoms with van der Waals surface area (Å²) in [4.78, 5) is 24.5. The second-order valence-corrected chi connectivity index (χ2v) is 8.55. The molecule has 10 heteroatoms. The van der Waals surface area contributed by atoms with E-state index in [-0.39, 0.29) is 23.3 Å². The van der Waals surface area contributed by atoms with Gasteiger partial charge in [-0.05, 0) is 37.1 Å². The van der Waals surface area contributed by atoms with Crippen molar-refractivity contribution in [3.63, 3.8) is 0 Å². The normalized spacial score (nSPS) is 15.4. The summed E-state index contributed by atoms with van der Waals surface area (Å²) in [7, 11) is 1.81. The van der Waals surface area contributed by atoms with Crippen LogP contribution in [0, 0.1) is 5.82 Å². The molecule has 172 valence electrons. The van der Waals surface area contributed by atoms with E-state index >= 15 is 0 Å². The third kappa shape index (κ3) is 5.77. The molecule has 1 fully saturated rings. The Kier molecular flexibility index (Phi) is 7.36. The number of carbonyl (C=O) groups excluding carboxylic acids is 2. The van der Waals surface area contributed by atoms with Crippen molar-refractivity contribution in [2.75, 3.05) is 24.2 Å². The van der Waals surface area contributed by atoms with Crippen LogP contribution in [0.1, 0.15) is 23.2 Å². The summed E-state index contributed by atoms with van der Waals surface area (Å²) < 4.78 is 21.2. The monoisotopic (exact) mass is 469 g/mol. The molecular formula is C23H24FN5O3S. The Labute approximate surface area is 194 Å². The van der Waals surface area contributed by atoms with E-state index in [1.54, 1.807) is 28.8 Å². The highest BCUT2D eigenvalue weighted by Crippen LogP contribution is 2.25. The Morgan fingerprint density at radius 3 is 2.85 bits per heavy atom. The SMILES string of the molecule is Cn1c(SCC(=O)NC[C@H]2CCCO2)nnc1-c1cccc(NC(=O)c2ccccc2F)c1. The van der Waals surface area contributed by atoms with Crippen LogP contribution in [-0.4, -0.2) is 51.6 Å². The molecule has 1 aliphatic heterocycles. The van der Waals surface area contributed by atoms with Crippen LogP contribution in [0.4, 0.5) is 10.1 Å². The standard InChI is InChI=1S/C23H24FN5O3S/c1-29-21(27-28-23(29)33-14-20(30)25-13-17-8-5-11-32-17)15-6-4-7-16(12-15)26-22(31)18-9-2-3-10-19(18)24/h2-4,6-7,9-10,12,17H,5,8,11,13-14H2,1H3,(H,25,30)(H,26,31)/t17-/m1/s1. The molecule has 33 heavy (non-hydrogen) atoms. The van der Waals surface area contributed by atoms with Gasteiger partial charge >= 0.3 is 0 Å². The van der Waals surface area contributed by atoms with Crippen molar-refractivity contribution in [2.45, 2.75) is 24.1 Å². The number of halogens is 1. The lowest BCUT2D eigenvalue weighted by molar-refractivity contribution is -0.119. The Morgan fingerprint density at radius 2 is 2.06 bits per heavy atom. The maximum Gasteiger partial charge on any atom is 0.258 e. The lowest BCUT2D eigenvalue weighted by Crippen LogP contribution is -2.32. The first-order valence-electron chi connectivity index (χ1n) is 10.6. The van der Waals surface area contributed by atoms with Gasteiger partial charge in [0.15, 0.2) is 11.0 Å². The first kappa shape index (κ1) is 22.9. The maximum absolute atomic E-state index is 13.9. The lowest BCUT2D eigenvalue weighted by Gasteiger charge is -2.10. The third-order valence-corrected chi connectivity index (χ3v) is 6.24. The van der Waals surface area contributed by atoms with Crippen LogP contribution >= 0.6 is 11.8 Å². The highest BCUT2D eigenvalue weighted by Gasteiger charge is 2.18. The number of hydrogen-bond donors (Lipinski definition) is 2. The van der Waals surface area contributed by atoms with Crippen molar-refractivity contribution >= 4 is 29.3 Å². The number of thioether (sulfide) groups is 1. The van der Waals surface area contributed by atoms with Crippen molar-refractivity contribution in [2.24, 2.45) is 7.05 Å². The van der Waals surface area contributed by atoms with E-state index in [1.807, 2.05) is 13.1 Å². The molecule has 0 unspecified atom stereocenters. The summed E-state index contributed by atoms with van der Waals surface area (Å²) in [6, 6.07) is 12.9. The molecule has 1 aromatic heterocycles. The Balaban J connectivity index is 1.38. The van der Waals surface area contributed by atoms with Gasteiger partial charge in [0.05, 0.1) is 17.4 Å². The van der Waals surface area contributed by atoms with Crippen LogP contribution in [0.25, 0.3) is 11.4 Å². The molecule has 4 rings (SSSR count). The van der Waals surface area contributed by atoms with Crippen molar-refractivity contribution in [1.82, 2.24) is 20.1 Å². The number of amides is 2. The average Bonchev–Trinajstić information content (AvgIpc) is 3.46. The highest BCUT2D eigenvalue weighted by atomic mass is 32.2. The van der Waals surface area contributed by atoms with Gasteiger partial charge < -0.3 is 19.9 Å². The summed E-state index contributed by atoms with van der Waals surface area (Å²) in [6.07, 6.45) is 2.11. The molecule has 2 aromatic carbocycles. The summed E-state index contributed by atoms with van der Waals surface area (Å²) in [5, 5.41) is 14.6. The number of nitrogens with one attached hydrogen (secondary N) is 2. The number of hydrogen-bond acceptors (Lipinski definition) is 6. The van der Waals surface area contributed by atoms with E-state index in [1.165, 1.54) is 30.0 Å². The minimum absolute atomic E-state index is 0.0296. The zero-order chi connectivity index (χ0) is 23.2. The van der Waals surface area contributed by atoms with Crippen LogP contribution in [0.15, 0.2) is 53.7 Å². The second-order valence-electron chi connectivity index (χ2n) is 7.61. The van der Waals surface area contributed by atoms with Gasteiger partial charge in [-0.15, -0.1) is 10.2 Å². The topological polar surface area (TPSA) is 98.1 Å². The largest absolute Gasteiger partial charge is 0.376 e. The molecule has 0 spiro atoms. The summed E-state index contributed by atoms with van der Waals surface area (Å²) in [6.45, 7) is 1.28. The molecule has 0 bridgehead atoms. The molecule has 0 aliphatic carbocycles. The van der Waals surface area contributed by atoms with E-state index in [9.17, 15) is 14.0 Å². The van der Waals surface area contributed by atoms with Crippen LogP contribution < -0.4 is 10.6 Å². The molecule has 3 aromatic rings. The van der Waals surface area contributed by atoms with Gasteiger partial charge in [-0.1, -0.05) is 36.0 Å². The molecule has 8 nitrogen and oxygen atoms in total. The Morgan fingerprint density at radius 1 is 1.21 bits per heavy atom. The predicted molar refractivity (Wildman–Crippen MR) is 123 cm³/mol. The lowest BCUT2D eigenvalue weighted by atomic mass is 10.1. The van der Waals surface area contributed by atoms with E-state index in [0.29, 0.717) is 23.2 Å². The van der Waals surface area contributed by atoms with Crippen LogP contribution in [0.3, 0.4) is 0 Å². The van der Waals surface area contributed by atoms with Crippen molar-refractivity contribution < 1.29 is 18.7 Å². The van der Waals surface area contributed by atoms with Gasteiger partial charge in [-0.2, -0.15) is 0 Å². The van der Waals surface area contributed by atoms with E-state index in [2.05, 4.69) is 20.8 Å². The van der Waals surface area contributed by atoms with Gasteiger partial charge in [-0.25, -0.2) is 4.39 Å². The van der Waals surface area contributed by atoms with Crippen molar-refractivity contribution in [3.05, 3.63) is 59.9 Å². The number of anilines is 1. The van der Waals surface area contributed by atoms with Gasteiger partial charge in [0.2, 0.25) is 5.91 Å². The Hall–Kier alpha value is -3.24. The first-order chi connectivity index (χ1) is 16.0. The molecule has 0 saturated carbocycles. The van der Waals surface area contributed by atoms with E-state index < -0.39 is 11.7 Å². The average molecular weight is 470 g/mol. The molecule has 1 aliphatic rings. The minimum Gasteiger partial charge on any atom is -0.376 e. The highest BCUT2D eigenvalue weighted by molar-refractivity contribution is 7.99. The minimum atomic E-state index is -0.582. The fourth-order valence-corrected chi connectivity index (χ4v) is 4.23. The molecule has 2 heterocycles. The maximum atomic E-state index is 13.9. The molecule has 1 atom stereocenters. The Bertz CT molecular complexity index is 1150. The fraction of sp³-hybridized carbons (Fsp3) is 0.304. The molecule has 0 radical (unpaired) electrons. The molecule has 2 amide bonds. The summed E-state index contributed by atoms with van der Waals surface area (Å²) in [5.74, 6) is -0.399. The fourth-order valence-electron chi connectivity index (χ4n) is 3.49. The zero-order valence-electron chi connectivity index (χ0n) is 18.1. The smallest absolute Gasteiger partial charge is 0.258 e. The second kappa shape index (κ2) is 10.6. The van der Waals surface area contributed by atoms with E-state index in [0.717, 1.165) is 25.0 Å².